The second kappa shape index (κ2) is 14.2. The number of nitrogens with zero attached hydrogens (tertiary/aromatic N) is 2. The molecule has 0 aliphatic rings. The third-order valence-corrected chi connectivity index (χ3v) is 13.9. The molecule has 12 rings (SSSR count). The topological polar surface area (TPSA) is 29.3 Å². The summed E-state index contributed by atoms with van der Waals surface area (Å²) in [5.41, 5.74) is 14.1. The fourth-order valence-corrected chi connectivity index (χ4v) is 11.1. The van der Waals surface area contributed by atoms with E-state index in [1.165, 1.54) is 41.6 Å². The van der Waals surface area contributed by atoms with Crippen LogP contribution in [-0.2, 0) is 0 Å². The molecule has 0 aliphatic carbocycles. The number of hydrogen-bond acceptors (Lipinski definition) is 5. The molecule has 3 aromatic heterocycles. The highest BCUT2D eigenvalue weighted by Crippen LogP contribution is 2.48. The van der Waals surface area contributed by atoms with Crippen molar-refractivity contribution in [2.45, 2.75) is 0 Å². The van der Waals surface area contributed by atoms with Gasteiger partial charge in [-0.2, -0.15) is 0 Å². The van der Waals surface area contributed by atoms with Gasteiger partial charge in [0.25, 0.3) is 0 Å². The van der Waals surface area contributed by atoms with Gasteiger partial charge in [0.2, 0.25) is 0 Å². The second-order valence-corrected chi connectivity index (χ2v) is 17.1. The largest absolute Gasteiger partial charge is 0.455 e. The molecular formula is C55H34N2OS2. The van der Waals surface area contributed by atoms with E-state index in [4.69, 9.17) is 9.40 Å². The Hall–Kier alpha value is -7.31. The number of aromatic nitrogens is 1. The number of hydrogen-bond donors (Lipinski definition) is 0. The molecule has 282 valence electrons. The Kier molecular flexibility index (Phi) is 8.22. The average Bonchev–Trinajstić information content (AvgIpc) is 4.04. The first-order chi connectivity index (χ1) is 29.7. The van der Waals surface area contributed by atoms with Gasteiger partial charge in [-0.05, 0) is 76.9 Å². The van der Waals surface area contributed by atoms with Crippen molar-refractivity contribution in [2.24, 2.45) is 0 Å². The maximum absolute atomic E-state index is 6.50. The molecule has 0 radical (unpaired) electrons. The molecule has 0 aliphatic heterocycles. The molecule has 5 heteroatoms. The van der Waals surface area contributed by atoms with E-state index >= 15 is 0 Å². The molecule has 0 saturated heterocycles. The molecule has 0 bridgehead atoms. The number of thiazole rings is 1. The summed E-state index contributed by atoms with van der Waals surface area (Å²) in [5, 5.41) is 5.87. The van der Waals surface area contributed by atoms with Gasteiger partial charge in [-0.3, -0.25) is 0 Å². The molecule has 3 heterocycles. The van der Waals surface area contributed by atoms with E-state index in [-0.39, 0.29) is 0 Å². The number of thiophene rings is 1. The summed E-state index contributed by atoms with van der Waals surface area (Å²) in [7, 11) is 0. The van der Waals surface area contributed by atoms with Crippen LogP contribution in [-0.4, -0.2) is 4.98 Å². The Labute approximate surface area is 354 Å². The predicted molar refractivity (Wildman–Crippen MR) is 256 cm³/mol. The zero-order valence-electron chi connectivity index (χ0n) is 32.2. The molecular weight excluding hydrogens is 769 g/mol. The van der Waals surface area contributed by atoms with Gasteiger partial charge in [-0.15, -0.1) is 22.7 Å². The minimum atomic E-state index is 0.898. The Bertz CT molecular complexity index is 3530. The monoisotopic (exact) mass is 802 g/mol. The summed E-state index contributed by atoms with van der Waals surface area (Å²) >= 11 is 3.66. The number of furan rings is 1. The number of para-hydroxylation sites is 2. The smallest absolute Gasteiger partial charge is 0.143 e. The fraction of sp³-hybridized carbons (Fsp3) is 0. The van der Waals surface area contributed by atoms with E-state index in [0.29, 0.717) is 0 Å². The van der Waals surface area contributed by atoms with Crippen LogP contribution < -0.4 is 4.90 Å². The van der Waals surface area contributed by atoms with E-state index in [9.17, 15) is 0 Å². The first kappa shape index (κ1) is 34.7. The molecule has 0 N–H and O–H groups in total. The SMILES string of the molecule is c1ccc(-c2ccc(N(c3ccc(-c4cc5nc(-c6ccccc6)sc5c5c4sc4ccccc45)cc3)c3cccc(-c4cccc5c4oc4ccccc45)c3)cc2)cc1. The van der Waals surface area contributed by atoms with Crippen LogP contribution in [0, 0.1) is 0 Å². The molecule has 0 spiro atoms. The minimum Gasteiger partial charge on any atom is -0.455 e. The van der Waals surface area contributed by atoms with Crippen molar-refractivity contribution in [3.63, 3.8) is 0 Å². The van der Waals surface area contributed by atoms with Crippen molar-refractivity contribution < 1.29 is 4.42 Å². The van der Waals surface area contributed by atoms with Crippen molar-refractivity contribution in [1.82, 2.24) is 4.98 Å². The van der Waals surface area contributed by atoms with Gasteiger partial charge < -0.3 is 9.32 Å². The third-order valence-electron chi connectivity index (χ3n) is 11.5. The fourth-order valence-electron chi connectivity index (χ4n) is 8.65. The van der Waals surface area contributed by atoms with Gasteiger partial charge in [-0.1, -0.05) is 152 Å². The molecule has 3 nitrogen and oxygen atoms in total. The van der Waals surface area contributed by atoms with Gasteiger partial charge in [0.05, 0.1) is 10.2 Å². The zero-order valence-corrected chi connectivity index (χ0v) is 33.9. The normalized spacial score (nSPS) is 11.7. The summed E-state index contributed by atoms with van der Waals surface area (Å²) in [4.78, 5) is 7.59. The van der Waals surface area contributed by atoms with Gasteiger partial charge in [0.1, 0.15) is 16.2 Å². The summed E-state index contributed by atoms with van der Waals surface area (Å²) < 4.78 is 10.3. The Balaban J connectivity index is 0.998. The maximum Gasteiger partial charge on any atom is 0.143 e. The third kappa shape index (κ3) is 5.82. The van der Waals surface area contributed by atoms with Gasteiger partial charge in [0, 0.05) is 64.7 Å². The van der Waals surface area contributed by atoms with E-state index < -0.39 is 0 Å². The highest BCUT2D eigenvalue weighted by atomic mass is 32.1. The average molecular weight is 803 g/mol. The summed E-state index contributed by atoms with van der Waals surface area (Å²) in [5.74, 6) is 0. The molecule has 0 atom stereocenters. The van der Waals surface area contributed by atoms with Crippen LogP contribution in [0.5, 0.6) is 0 Å². The molecule has 60 heavy (non-hydrogen) atoms. The first-order valence-corrected chi connectivity index (χ1v) is 21.7. The highest BCUT2D eigenvalue weighted by Gasteiger charge is 2.20. The van der Waals surface area contributed by atoms with Crippen LogP contribution in [0.3, 0.4) is 0 Å². The minimum absolute atomic E-state index is 0.898. The molecule has 0 amide bonds. The van der Waals surface area contributed by atoms with Gasteiger partial charge in [-0.25, -0.2) is 4.98 Å². The lowest BCUT2D eigenvalue weighted by Gasteiger charge is -2.26. The molecule has 9 aromatic carbocycles. The molecule has 0 fully saturated rings. The van der Waals surface area contributed by atoms with E-state index in [0.717, 1.165) is 71.8 Å². The van der Waals surface area contributed by atoms with E-state index in [2.05, 4.69) is 199 Å². The number of fused-ring (bicyclic) bond motifs is 8. The quantitative estimate of drug-likeness (QED) is 0.161. The molecule has 12 aromatic rings. The Morgan fingerprint density at radius 3 is 1.80 bits per heavy atom. The predicted octanol–water partition coefficient (Wildman–Crippen LogP) is 16.7. The van der Waals surface area contributed by atoms with Crippen molar-refractivity contribution in [3.8, 4) is 44.0 Å². The highest BCUT2D eigenvalue weighted by molar-refractivity contribution is 7.28. The lowest BCUT2D eigenvalue weighted by molar-refractivity contribution is 0.670. The van der Waals surface area contributed by atoms with E-state index in [1.807, 2.05) is 23.5 Å². The van der Waals surface area contributed by atoms with Gasteiger partial charge in [0.15, 0.2) is 0 Å². The first-order valence-electron chi connectivity index (χ1n) is 20.1. The van der Waals surface area contributed by atoms with Crippen LogP contribution in [0.4, 0.5) is 17.1 Å². The standard InChI is InChI=1S/C55H34N2OS2/c1-3-13-35(14-4-1)36-25-29-40(30-26-36)57(42-18-11-17-39(33-42)43-21-12-22-45-44-19-7-9-23-49(44)58-52(43)45)41-31-27-37(28-32-41)47-34-48-54(60-55(56-48)38-15-5-2-6-16-38)51-46-20-8-10-24-50(46)59-53(47)51/h1-34H. The van der Waals surface area contributed by atoms with Crippen molar-refractivity contribution in [3.05, 3.63) is 206 Å². The van der Waals surface area contributed by atoms with E-state index in [1.54, 1.807) is 11.3 Å². The van der Waals surface area contributed by atoms with Crippen LogP contribution in [0.15, 0.2) is 211 Å². The van der Waals surface area contributed by atoms with Gasteiger partial charge >= 0.3 is 0 Å². The lowest BCUT2D eigenvalue weighted by atomic mass is 10.00. The number of anilines is 3. The number of benzene rings is 9. The van der Waals surface area contributed by atoms with Crippen LogP contribution in [0.25, 0.3) is 96.3 Å². The van der Waals surface area contributed by atoms with Crippen LogP contribution in [0.1, 0.15) is 0 Å². The summed E-state index contributed by atoms with van der Waals surface area (Å²) in [6, 6.07) is 73.6. The Morgan fingerprint density at radius 2 is 1.02 bits per heavy atom. The summed E-state index contributed by atoms with van der Waals surface area (Å²) in [6.07, 6.45) is 0. The zero-order chi connectivity index (χ0) is 39.6. The Morgan fingerprint density at radius 1 is 0.400 bits per heavy atom. The van der Waals surface area contributed by atoms with Crippen molar-refractivity contribution in [1.29, 1.82) is 0 Å². The van der Waals surface area contributed by atoms with Crippen LogP contribution >= 0.6 is 22.7 Å². The van der Waals surface area contributed by atoms with Crippen molar-refractivity contribution in [2.75, 3.05) is 4.90 Å². The summed E-state index contributed by atoms with van der Waals surface area (Å²) in [6.45, 7) is 0. The number of rotatable bonds is 7. The van der Waals surface area contributed by atoms with Crippen LogP contribution in [0.2, 0.25) is 0 Å². The lowest BCUT2D eigenvalue weighted by Crippen LogP contribution is -2.10. The maximum atomic E-state index is 6.50. The second-order valence-electron chi connectivity index (χ2n) is 15.1. The molecule has 0 saturated carbocycles. The van der Waals surface area contributed by atoms with Crippen molar-refractivity contribution >= 4 is 92.1 Å². The molecule has 0 unspecified atom stereocenters.